The summed E-state index contributed by atoms with van der Waals surface area (Å²) in [5, 5.41) is 3.91. The maximum atomic E-state index is 13.1. The SMILES string of the molecule is CCCCOc1ccccc1/C=N/NC(=O)c1cccc(F)c1. The molecule has 0 aliphatic rings. The van der Waals surface area contributed by atoms with E-state index in [1.54, 1.807) is 0 Å². The quantitative estimate of drug-likeness (QED) is 0.480. The van der Waals surface area contributed by atoms with E-state index in [9.17, 15) is 9.18 Å². The zero-order valence-electron chi connectivity index (χ0n) is 13.0. The number of amides is 1. The van der Waals surface area contributed by atoms with Gasteiger partial charge in [-0.15, -0.1) is 0 Å². The van der Waals surface area contributed by atoms with Crippen molar-refractivity contribution in [2.75, 3.05) is 6.61 Å². The number of ether oxygens (including phenoxy) is 1. The Morgan fingerprint density at radius 1 is 1.26 bits per heavy atom. The number of hydrazone groups is 1. The Morgan fingerprint density at radius 3 is 2.87 bits per heavy atom. The minimum absolute atomic E-state index is 0.217. The van der Waals surface area contributed by atoms with Gasteiger partial charge in [-0.3, -0.25) is 4.79 Å². The largest absolute Gasteiger partial charge is 0.493 e. The first-order valence-electron chi connectivity index (χ1n) is 7.51. The minimum atomic E-state index is -0.467. The maximum Gasteiger partial charge on any atom is 0.271 e. The van der Waals surface area contributed by atoms with Crippen LogP contribution in [0.1, 0.15) is 35.7 Å². The van der Waals surface area contributed by atoms with Crippen molar-refractivity contribution >= 4 is 12.1 Å². The fourth-order valence-electron chi connectivity index (χ4n) is 1.90. The molecule has 0 aromatic heterocycles. The second-order valence-corrected chi connectivity index (χ2v) is 4.95. The number of unbranched alkanes of at least 4 members (excludes halogenated alkanes) is 1. The number of nitrogens with zero attached hydrogens (tertiary/aromatic N) is 1. The summed E-state index contributed by atoms with van der Waals surface area (Å²) in [6.07, 6.45) is 3.54. The van der Waals surface area contributed by atoms with E-state index in [0.717, 1.165) is 24.5 Å². The standard InChI is InChI=1S/C18H19FN2O2/c1-2-3-11-23-17-10-5-4-7-15(17)13-20-21-18(22)14-8-6-9-16(19)12-14/h4-10,12-13H,2-3,11H2,1H3,(H,21,22)/b20-13+. The Balaban J connectivity index is 1.99. The Bertz CT molecular complexity index is 686. The number of halogens is 1. The van der Waals surface area contributed by atoms with Crippen LogP contribution in [0.5, 0.6) is 5.75 Å². The van der Waals surface area contributed by atoms with Crippen LogP contribution in [0.4, 0.5) is 4.39 Å². The van der Waals surface area contributed by atoms with Gasteiger partial charge >= 0.3 is 0 Å². The molecule has 0 bridgehead atoms. The Kier molecular flexibility index (Phi) is 6.29. The number of rotatable bonds is 7. The van der Waals surface area contributed by atoms with Gasteiger partial charge in [0, 0.05) is 11.1 Å². The highest BCUT2D eigenvalue weighted by atomic mass is 19.1. The van der Waals surface area contributed by atoms with Crippen molar-refractivity contribution in [3.8, 4) is 5.75 Å². The molecule has 5 heteroatoms. The van der Waals surface area contributed by atoms with Crippen molar-refractivity contribution < 1.29 is 13.9 Å². The van der Waals surface area contributed by atoms with E-state index in [1.165, 1.54) is 24.4 Å². The van der Waals surface area contributed by atoms with Crippen LogP contribution in [0, 0.1) is 5.82 Å². The number of nitrogens with one attached hydrogen (secondary N) is 1. The van der Waals surface area contributed by atoms with Gasteiger partial charge in [0.2, 0.25) is 0 Å². The predicted octanol–water partition coefficient (Wildman–Crippen LogP) is 3.77. The molecule has 0 atom stereocenters. The number of para-hydroxylation sites is 1. The number of carbonyl (C=O) groups excluding carboxylic acids is 1. The molecule has 2 aromatic rings. The summed E-state index contributed by atoms with van der Waals surface area (Å²) in [6.45, 7) is 2.73. The van der Waals surface area contributed by atoms with Crippen molar-refractivity contribution in [3.63, 3.8) is 0 Å². The molecule has 0 fully saturated rings. The smallest absolute Gasteiger partial charge is 0.271 e. The van der Waals surface area contributed by atoms with E-state index in [0.29, 0.717) is 12.4 Å². The first-order valence-corrected chi connectivity index (χ1v) is 7.51. The van der Waals surface area contributed by atoms with Crippen molar-refractivity contribution in [1.82, 2.24) is 5.43 Å². The molecule has 0 aliphatic heterocycles. The third kappa shape index (κ3) is 5.21. The highest BCUT2D eigenvalue weighted by Gasteiger charge is 2.05. The van der Waals surface area contributed by atoms with Crippen molar-refractivity contribution in [3.05, 3.63) is 65.5 Å². The molecule has 2 aromatic carbocycles. The molecule has 120 valence electrons. The summed E-state index contributed by atoms with van der Waals surface area (Å²) in [7, 11) is 0. The van der Waals surface area contributed by atoms with E-state index < -0.39 is 11.7 Å². The molecular formula is C18H19FN2O2. The maximum absolute atomic E-state index is 13.1. The first-order chi connectivity index (χ1) is 11.2. The van der Waals surface area contributed by atoms with Gasteiger partial charge in [-0.1, -0.05) is 31.5 Å². The normalized spacial score (nSPS) is 10.7. The van der Waals surface area contributed by atoms with Crippen LogP contribution < -0.4 is 10.2 Å². The third-order valence-corrected chi connectivity index (χ3v) is 3.13. The van der Waals surface area contributed by atoms with Gasteiger partial charge in [-0.2, -0.15) is 5.10 Å². The molecule has 0 spiro atoms. The minimum Gasteiger partial charge on any atom is -0.493 e. The average molecular weight is 314 g/mol. The molecule has 2 rings (SSSR count). The van der Waals surface area contributed by atoms with Crippen LogP contribution in [0.15, 0.2) is 53.6 Å². The third-order valence-electron chi connectivity index (χ3n) is 3.13. The summed E-state index contributed by atoms with van der Waals surface area (Å²) in [6, 6.07) is 12.9. The van der Waals surface area contributed by atoms with E-state index in [-0.39, 0.29) is 5.56 Å². The molecule has 0 saturated carbocycles. The zero-order chi connectivity index (χ0) is 16.5. The van der Waals surface area contributed by atoms with Crippen molar-refractivity contribution in [2.45, 2.75) is 19.8 Å². The molecule has 1 N–H and O–H groups in total. The van der Waals surface area contributed by atoms with Crippen molar-refractivity contribution in [2.24, 2.45) is 5.10 Å². The monoisotopic (exact) mass is 314 g/mol. The Labute approximate surface area is 135 Å². The van der Waals surface area contributed by atoms with Crippen LogP contribution >= 0.6 is 0 Å². The van der Waals surface area contributed by atoms with Gasteiger partial charge in [-0.05, 0) is 36.8 Å². The van der Waals surface area contributed by atoms with Gasteiger partial charge in [0.15, 0.2) is 0 Å². The van der Waals surface area contributed by atoms with Gasteiger partial charge in [-0.25, -0.2) is 9.82 Å². The lowest BCUT2D eigenvalue weighted by Crippen LogP contribution is -2.17. The molecule has 4 nitrogen and oxygen atoms in total. The molecule has 0 radical (unpaired) electrons. The number of carbonyl (C=O) groups is 1. The summed E-state index contributed by atoms with van der Waals surface area (Å²) in [4.78, 5) is 11.9. The zero-order valence-corrected chi connectivity index (χ0v) is 13.0. The topological polar surface area (TPSA) is 50.7 Å². The van der Waals surface area contributed by atoms with Crippen LogP contribution in [0.25, 0.3) is 0 Å². The molecule has 23 heavy (non-hydrogen) atoms. The second-order valence-electron chi connectivity index (χ2n) is 4.95. The lowest BCUT2D eigenvalue weighted by Gasteiger charge is -2.08. The molecule has 0 aliphatic carbocycles. The second kappa shape index (κ2) is 8.68. The molecule has 0 saturated heterocycles. The summed E-state index contributed by atoms with van der Waals surface area (Å²) in [5.74, 6) is -0.217. The predicted molar refractivity (Wildman–Crippen MR) is 88.3 cm³/mol. The van der Waals surface area contributed by atoms with Gasteiger partial charge in [0.25, 0.3) is 5.91 Å². The number of hydrogen-bond donors (Lipinski definition) is 1. The fraction of sp³-hybridized carbons (Fsp3) is 0.222. The van der Waals surface area contributed by atoms with Gasteiger partial charge < -0.3 is 4.74 Å². The highest BCUT2D eigenvalue weighted by Crippen LogP contribution is 2.16. The van der Waals surface area contributed by atoms with Crippen molar-refractivity contribution in [1.29, 1.82) is 0 Å². The summed E-state index contributed by atoms with van der Waals surface area (Å²) < 4.78 is 18.8. The Hall–Kier alpha value is -2.69. The molecular weight excluding hydrogens is 295 g/mol. The van der Waals surface area contributed by atoms with Gasteiger partial charge in [0.05, 0.1) is 12.8 Å². The van der Waals surface area contributed by atoms with Crippen LogP contribution in [0.3, 0.4) is 0 Å². The lowest BCUT2D eigenvalue weighted by molar-refractivity contribution is 0.0954. The first kappa shape index (κ1) is 16.7. The van der Waals surface area contributed by atoms with Gasteiger partial charge in [0.1, 0.15) is 11.6 Å². The van der Waals surface area contributed by atoms with E-state index in [4.69, 9.17) is 4.74 Å². The van der Waals surface area contributed by atoms with Crippen LogP contribution in [0.2, 0.25) is 0 Å². The summed E-state index contributed by atoms with van der Waals surface area (Å²) in [5.41, 5.74) is 3.36. The molecule has 0 heterocycles. The molecule has 1 amide bonds. The van der Waals surface area contributed by atoms with Crippen LogP contribution in [-0.4, -0.2) is 18.7 Å². The number of benzene rings is 2. The molecule has 0 unspecified atom stereocenters. The lowest BCUT2D eigenvalue weighted by atomic mass is 10.2. The number of hydrogen-bond acceptors (Lipinski definition) is 3. The van der Waals surface area contributed by atoms with E-state index in [2.05, 4.69) is 17.5 Å². The van der Waals surface area contributed by atoms with E-state index >= 15 is 0 Å². The fourth-order valence-corrected chi connectivity index (χ4v) is 1.90. The Morgan fingerprint density at radius 2 is 2.09 bits per heavy atom. The highest BCUT2D eigenvalue weighted by molar-refractivity contribution is 5.95. The average Bonchev–Trinajstić information content (AvgIpc) is 2.56. The summed E-state index contributed by atoms with van der Waals surface area (Å²) >= 11 is 0. The van der Waals surface area contributed by atoms with Crippen LogP contribution in [-0.2, 0) is 0 Å². The van der Waals surface area contributed by atoms with E-state index in [1.807, 2.05) is 24.3 Å².